The van der Waals surface area contributed by atoms with E-state index < -0.39 is 12.7 Å². The first kappa shape index (κ1) is 14.6. The largest absolute Gasteiger partial charge is 0.345 e. The molecule has 0 aliphatic heterocycles. The summed E-state index contributed by atoms with van der Waals surface area (Å²) in [6.07, 6.45) is 0.775. The summed E-state index contributed by atoms with van der Waals surface area (Å²) in [6, 6.07) is 3.44. The monoisotopic (exact) mass is 300 g/mol. The molecule has 0 spiro atoms. The van der Waals surface area contributed by atoms with Gasteiger partial charge < -0.3 is 9.30 Å². The molecule has 0 radical (unpaired) electrons. The summed E-state index contributed by atoms with van der Waals surface area (Å²) in [4.78, 5) is 8.22. The fraction of sp³-hybridized carbons (Fsp3) is 0.417. The van der Waals surface area contributed by atoms with Crippen LogP contribution in [0.15, 0.2) is 12.3 Å². The molecule has 0 saturated heterocycles. The number of nitrogens with zero attached hydrogens (tertiary/aromatic N) is 4. The molecule has 2 aromatic rings. The van der Waals surface area contributed by atoms with Crippen molar-refractivity contribution < 1.29 is 13.5 Å². The van der Waals surface area contributed by atoms with Crippen molar-refractivity contribution in [1.29, 1.82) is 5.26 Å². The van der Waals surface area contributed by atoms with Crippen molar-refractivity contribution in [3.63, 3.8) is 0 Å². The van der Waals surface area contributed by atoms with Crippen LogP contribution in [-0.4, -0.2) is 27.3 Å². The third kappa shape index (κ3) is 3.03. The zero-order valence-electron chi connectivity index (χ0n) is 10.6. The number of rotatable bonds is 5. The van der Waals surface area contributed by atoms with E-state index in [1.54, 1.807) is 4.57 Å². The van der Waals surface area contributed by atoms with Gasteiger partial charge in [-0.3, -0.25) is 0 Å². The first-order chi connectivity index (χ1) is 9.55. The molecule has 106 valence electrons. The van der Waals surface area contributed by atoms with Crippen molar-refractivity contribution in [2.75, 3.05) is 0 Å². The Balaban J connectivity index is 2.38. The van der Waals surface area contributed by atoms with E-state index in [1.807, 2.05) is 6.07 Å². The first-order valence-electron chi connectivity index (χ1n) is 5.80. The van der Waals surface area contributed by atoms with Gasteiger partial charge in [-0.1, -0.05) is 0 Å². The lowest BCUT2D eigenvalue weighted by Crippen LogP contribution is -2.20. The van der Waals surface area contributed by atoms with Crippen LogP contribution >= 0.6 is 11.6 Å². The minimum absolute atomic E-state index is 0.123. The van der Waals surface area contributed by atoms with Crippen LogP contribution in [0.3, 0.4) is 0 Å². The third-order valence-corrected chi connectivity index (χ3v) is 2.96. The molecule has 0 bridgehead atoms. The lowest BCUT2D eigenvalue weighted by Gasteiger charge is -2.15. The minimum atomic E-state index is -2.83. The molecule has 0 N–H and O–H groups in total. The average molecular weight is 301 g/mol. The molecule has 0 aromatic carbocycles. The normalized spacial score (nSPS) is 12.8. The van der Waals surface area contributed by atoms with Crippen LogP contribution in [0, 0.1) is 11.3 Å². The molecule has 0 aliphatic carbocycles. The van der Waals surface area contributed by atoms with Gasteiger partial charge in [0.15, 0.2) is 0 Å². The van der Waals surface area contributed by atoms with Crippen LogP contribution in [0.2, 0.25) is 0 Å². The van der Waals surface area contributed by atoms with Gasteiger partial charge in [0.2, 0.25) is 0 Å². The Morgan fingerprint density at radius 3 is 2.90 bits per heavy atom. The van der Waals surface area contributed by atoms with Gasteiger partial charge in [0.25, 0.3) is 0 Å². The van der Waals surface area contributed by atoms with Crippen LogP contribution in [0.25, 0.3) is 11.0 Å². The SMILES string of the molecule is C[C@H](Cn1c(CCl)nc2cc(C#N)ncc21)OC(F)F. The van der Waals surface area contributed by atoms with Gasteiger partial charge in [0.1, 0.15) is 17.6 Å². The molecule has 2 rings (SSSR count). The maximum Gasteiger partial charge on any atom is 0.345 e. The van der Waals surface area contributed by atoms with E-state index in [0.717, 1.165) is 0 Å². The summed E-state index contributed by atoms with van der Waals surface area (Å²) < 4.78 is 30.5. The Bertz CT molecular complexity index is 653. The van der Waals surface area contributed by atoms with Crippen molar-refractivity contribution in [1.82, 2.24) is 14.5 Å². The molecule has 2 heterocycles. The van der Waals surface area contributed by atoms with Crippen LogP contribution in [0.1, 0.15) is 18.4 Å². The van der Waals surface area contributed by atoms with E-state index in [4.69, 9.17) is 16.9 Å². The van der Waals surface area contributed by atoms with Crippen LogP contribution in [0.5, 0.6) is 0 Å². The summed E-state index contributed by atoms with van der Waals surface area (Å²) >= 11 is 5.81. The lowest BCUT2D eigenvalue weighted by molar-refractivity contribution is -0.160. The Kier molecular flexibility index (Phi) is 4.47. The Morgan fingerprint density at radius 1 is 1.55 bits per heavy atom. The molecule has 0 aliphatic rings. The number of hydrogen-bond donors (Lipinski definition) is 0. The van der Waals surface area contributed by atoms with E-state index >= 15 is 0 Å². The number of alkyl halides is 3. The lowest BCUT2D eigenvalue weighted by atomic mass is 10.3. The fourth-order valence-electron chi connectivity index (χ4n) is 1.92. The number of aromatic nitrogens is 3. The fourth-order valence-corrected chi connectivity index (χ4v) is 2.12. The van der Waals surface area contributed by atoms with Crippen molar-refractivity contribution >= 4 is 22.6 Å². The summed E-state index contributed by atoms with van der Waals surface area (Å²) in [5, 5.41) is 8.80. The van der Waals surface area contributed by atoms with Gasteiger partial charge >= 0.3 is 6.61 Å². The van der Waals surface area contributed by atoms with Crippen molar-refractivity contribution in [2.45, 2.75) is 32.1 Å². The molecule has 0 fully saturated rings. The summed E-state index contributed by atoms with van der Waals surface area (Å²) in [5.74, 6) is 0.640. The molecule has 0 saturated carbocycles. The Hall–Kier alpha value is -1.78. The molecule has 5 nitrogen and oxygen atoms in total. The highest BCUT2D eigenvalue weighted by atomic mass is 35.5. The summed E-state index contributed by atoms with van der Waals surface area (Å²) in [5.41, 5.74) is 1.42. The smallest absolute Gasteiger partial charge is 0.323 e. The van der Waals surface area contributed by atoms with Gasteiger partial charge in [-0.2, -0.15) is 14.0 Å². The highest BCUT2D eigenvalue weighted by Crippen LogP contribution is 2.19. The van der Waals surface area contributed by atoms with Crippen LogP contribution in [-0.2, 0) is 17.2 Å². The number of halogens is 3. The molecule has 1 atom stereocenters. The molecule has 8 heteroatoms. The summed E-state index contributed by atoms with van der Waals surface area (Å²) in [6.45, 7) is -1.12. The Labute approximate surface area is 118 Å². The van der Waals surface area contributed by atoms with E-state index in [9.17, 15) is 8.78 Å². The van der Waals surface area contributed by atoms with Crippen LogP contribution < -0.4 is 0 Å². The molecular formula is C12H11ClF2N4O. The topological polar surface area (TPSA) is 63.7 Å². The third-order valence-electron chi connectivity index (χ3n) is 2.72. The van der Waals surface area contributed by atoms with Crippen molar-refractivity contribution in [3.05, 3.63) is 23.8 Å². The first-order valence-corrected chi connectivity index (χ1v) is 6.33. The van der Waals surface area contributed by atoms with Gasteiger partial charge in [-0.15, -0.1) is 11.6 Å². The molecule has 0 amide bonds. The number of hydrogen-bond acceptors (Lipinski definition) is 4. The number of nitriles is 1. The zero-order valence-corrected chi connectivity index (χ0v) is 11.3. The molecule has 0 unspecified atom stereocenters. The highest BCUT2D eigenvalue weighted by molar-refractivity contribution is 6.16. The molecular weight excluding hydrogens is 290 g/mol. The number of ether oxygens (including phenoxy) is 1. The Morgan fingerprint density at radius 2 is 2.30 bits per heavy atom. The van der Waals surface area contributed by atoms with Gasteiger partial charge in [-0.25, -0.2) is 9.97 Å². The van der Waals surface area contributed by atoms with E-state index in [2.05, 4.69) is 14.7 Å². The second kappa shape index (κ2) is 6.11. The van der Waals surface area contributed by atoms with E-state index in [0.29, 0.717) is 16.9 Å². The predicted molar refractivity (Wildman–Crippen MR) is 68.4 cm³/mol. The second-order valence-corrected chi connectivity index (χ2v) is 4.42. The van der Waals surface area contributed by atoms with E-state index in [1.165, 1.54) is 19.2 Å². The maximum atomic E-state index is 12.2. The highest BCUT2D eigenvalue weighted by Gasteiger charge is 2.16. The second-order valence-electron chi connectivity index (χ2n) is 4.15. The minimum Gasteiger partial charge on any atom is -0.323 e. The standard InChI is InChI=1S/C12H11ClF2N4O/c1-7(20-12(14)15)6-19-10-5-17-8(4-16)2-9(10)18-11(19)3-13/h2,5,7,12H,3,6H2,1H3/t7-/m1/s1. The molecule has 2 aromatic heterocycles. The quantitative estimate of drug-likeness (QED) is 0.796. The molecule has 20 heavy (non-hydrogen) atoms. The van der Waals surface area contributed by atoms with Crippen LogP contribution in [0.4, 0.5) is 8.78 Å². The average Bonchev–Trinajstić information content (AvgIpc) is 2.74. The van der Waals surface area contributed by atoms with Crippen molar-refractivity contribution in [3.8, 4) is 6.07 Å². The number of pyridine rings is 1. The number of fused-ring (bicyclic) bond motifs is 1. The maximum absolute atomic E-state index is 12.2. The van der Waals surface area contributed by atoms with Gasteiger partial charge in [-0.05, 0) is 6.92 Å². The number of imidazole rings is 1. The van der Waals surface area contributed by atoms with Crippen molar-refractivity contribution in [2.24, 2.45) is 0 Å². The van der Waals surface area contributed by atoms with E-state index in [-0.39, 0.29) is 18.1 Å². The van der Waals surface area contributed by atoms with Gasteiger partial charge in [0.05, 0.1) is 35.8 Å². The predicted octanol–water partition coefficient (Wildman–Crippen LogP) is 2.67. The van der Waals surface area contributed by atoms with Gasteiger partial charge in [0, 0.05) is 6.07 Å². The zero-order chi connectivity index (χ0) is 14.7. The summed E-state index contributed by atoms with van der Waals surface area (Å²) in [7, 11) is 0.